The summed E-state index contributed by atoms with van der Waals surface area (Å²) in [5.41, 5.74) is 0.423. The van der Waals surface area contributed by atoms with Crippen molar-refractivity contribution >= 4 is 17.5 Å². The van der Waals surface area contributed by atoms with Crippen LogP contribution in [0.25, 0.3) is 0 Å². The average Bonchev–Trinajstić information content (AvgIpc) is 2.89. The third-order valence-electron chi connectivity index (χ3n) is 3.29. The van der Waals surface area contributed by atoms with Crippen LogP contribution < -0.4 is 5.32 Å². The lowest BCUT2D eigenvalue weighted by atomic mass is 9.86. The normalized spacial score (nSPS) is 13.0. The molecule has 1 atom stereocenters. The van der Waals surface area contributed by atoms with Crippen LogP contribution in [0.5, 0.6) is 0 Å². The molecule has 0 saturated carbocycles. The molecule has 2 rings (SSSR count). The van der Waals surface area contributed by atoms with Crippen molar-refractivity contribution in [3.8, 4) is 0 Å². The zero-order valence-electron chi connectivity index (χ0n) is 12.4. The van der Waals surface area contributed by atoms with Crippen LogP contribution in [-0.4, -0.2) is 26.5 Å². The molecule has 0 saturated heterocycles. The molecule has 0 aliphatic rings. The van der Waals surface area contributed by atoms with Gasteiger partial charge in [-0.25, -0.2) is 9.97 Å². The van der Waals surface area contributed by atoms with E-state index in [1.807, 2.05) is 10.8 Å². The predicted molar refractivity (Wildman–Crippen MR) is 82.2 cm³/mol. The van der Waals surface area contributed by atoms with Crippen molar-refractivity contribution in [2.75, 3.05) is 0 Å². The summed E-state index contributed by atoms with van der Waals surface area (Å²) in [6, 6.07) is 3.18. The Morgan fingerprint density at radius 3 is 2.76 bits per heavy atom. The Morgan fingerprint density at radius 2 is 2.19 bits per heavy atom. The first-order chi connectivity index (χ1) is 9.86. The second-order valence-electron chi connectivity index (χ2n) is 6.02. The number of amides is 1. The van der Waals surface area contributed by atoms with Crippen LogP contribution in [0.3, 0.4) is 0 Å². The van der Waals surface area contributed by atoms with Gasteiger partial charge < -0.3 is 9.88 Å². The van der Waals surface area contributed by atoms with Crippen molar-refractivity contribution in [3.63, 3.8) is 0 Å². The van der Waals surface area contributed by atoms with E-state index >= 15 is 0 Å². The number of carbonyl (C=O) groups excluding carboxylic acids is 1. The van der Waals surface area contributed by atoms with Crippen molar-refractivity contribution in [2.45, 2.75) is 33.4 Å². The smallest absolute Gasteiger partial charge is 0.251 e. The number of hydrogen-bond acceptors (Lipinski definition) is 3. The van der Waals surface area contributed by atoms with Gasteiger partial charge in [-0.1, -0.05) is 32.4 Å². The van der Waals surface area contributed by atoms with E-state index in [-0.39, 0.29) is 17.4 Å². The van der Waals surface area contributed by atoms with E-state index in [2.05, 4.69) is 36.1 Å². The lowest BCUT2D eigenvalue weighted by Crippen LogP contribution is -2.46. The maximum Gasteiger partial charge on any atom is 0.251 e. The van der Waals surface area contributed by atoms with Crippen molar-refractivity contribution in [1.29, 1.82) is 0 Å². The molecule has 0 aliphatic heterocycles. The monoisotopic (exact) mass is 306 g/mol. The Bertz CT molecular complexity index is 604. The van der Waals surface area contributed by atoms with Gasteiger partial charge >= 0.3 is 0 Å². The summed E-state index contributed by atoms with van der Waals surface area (Å²) in [4.78, 5) is 20.3. The van der Waals surface area contributed by atoms with Crippen molar-refractivity contribution in [1.82, 2.24) is 19.9 Å². The second-order valence-corrected chi connectivity index (χ2v) is 6.41. The summed E-state index contributed by atoms with van der Waals surface area (Å²) in [7, 11) is 0. The molecule has 0 aromatic carbocycles. The van der Waals surface area contributed by atoms with Gasteiger partial charge in [-0.05, 0) is 17.5 Å². The SMILES string of the molecule is CC(C)(C)C(Cn1ccnc1)NC(=O)c1ccnc(Cl)c1. The van der Waals surface area contributed by atoms with Gasteiger partial charge in [0.2, 0.25) is 0 Å². The van der Waals surface area contributed by atoms with Gasteiger partial charge in [0.1, 0.15) is 5.15 Å². The highest BCUT2D eigenvalue weighted by atomic mass is 35.5. The number of rotatable bonds is 4. The molecule has 1 amide bonds. The summed E-state index contributed by atoms with van der Waals surface area (Å²) >= 11 is 5.83. The molecule has 0 radical (unpaired) electrons. The number of carbonyl (C=O) groups is 1. The van der Waals surface area contributed by atoms with Crippen LogP contribution in [0.15, 0.2) is 37.1 Å². The average molecular weight is 307 g/mol. The molecule has 5 nitrogen and oxygen atoms in total. The highest BCUT2D eigenvalue weighted by molar-refractivity contribution is 6.29. The Balaban J connectivity index is 2.13. The first kappa shape index (κ1) is 15.5. The quantitative estimate of drug-likeness (QED) is 0.884. The molecule has 0 bridgehead atoms. The molecule has 6 heteroatoms. The van der Waals surface area contributed by atoms with E-state index in [4.69, 9.17) is 11.6 Å². The van der Waals surface area contributed by atoms with Gasteiger partial charge in [-0.15, -0.1) is 0 Å². The zero-order chi connectivity index (χ0) is 15.5. The number of hydrogen-bond donors (Lipinski definition) is 1. The highest BCUT2D eigenvalue weighted by Crippen LogP contribution is 2.21. The van der Waals surface area contributed by atoms with E-state index < -0.39 is 0 Å². The highest BCUT2D eigenvalue weighted by Gasteiger charge is 2.27. The Kier molecular flexibility index (Phi) is 4.63. The maximum atomic E-state index is 12.4. The van der Waals surface area contributed by atoms with Gasteiger partial charge in [-0.2, -0.15) is 0 Å². The van der Waals surface area contributed by atoms with Gasteiger partial charge in [0, 0.05) is 30.7 Å². The minimum absolute atomic E-state index is 0.0360. The Hall–Kier alpha value is -1.88. The molecule has 2 aromatic rings. The van der Waals surface area contributed by atoms with Gasteiger partial charge in [-0.3, -0.25) is 4.79 Å². The van der Waals surface area contributed by atoms with E-state index in [9.17, 15) is 4.79 Å². The van der Waals surface area contributed by atoms with Crippen LogP contribution in [0.4, 0.5) is 0 Å². The third-order valence-corrected chi connectivity index (χ3v) is 3.50. The fraction of sp³-hybridized carbons (Fsp3) is 0.400. The van der Waals surface area contributed by atoms with Crippen molar-refractivity contribution < 1.29 is 4.79 Å². The molecule has 2 aromatic heterocycles. The summed E-state index contributed by atoms with van der Waals surface area (Å²) < 4.78 is 1.95. The number of halogens is 1. The predicted octanol–water partition coefficient (Wildman–Crippen LogP) is 2.78. The summed E-state index contributed by atoms with van der Waals surface area (Å²) in [5, 5.41) is 3.37. The molecule has 2 heterocycles. The Labute approximate surface area is 129 Å². The third kappa shape index (κ3) is 4.29. The van der Waals surface area contributed by atoms with Crippen molar-refractivity contribution in [2.24, 2.45) is 5.41 Å². The minimum Gasteiger partial charge on any atom is -0.347 e. The standard InChI is InChI=1S/C15H19ClN4O/c1-15(2,3)12(9-20-7-6-17-10-20)19-14(21)11-4-5-18-13(16)8-11/h4-8,10,12H,9H2,1-3H3,(H,19,21). The molecule has 21 heavy (non-hydrogen) atoms. The molecule has 1 N–H and O–H groups in total. The lowest BCUT2D eigenvalue weighted by molar-refractivity contribution is 0.0892. The van der Waals surface area contributed by atoms with Crippen LogP contribution in [0.1, 0.15) is 31.1 Å². The van der Waals surface area contributed by atoms with Gasteiger partial charge in [0.25, 0.3) is 5.91 Å². The number of nitrogens with zero attached hydrogens (tertiary/aromatic N) is 3. The molecule has 112 valence electrons. The number of aromatic nitrogens is 3. The minimum atomic E-state index is -0.153. The van der Waals surface area contributed by atoms with E-state index in [1.165, 1.54) is 6.20 Å². The molecule has 0 fully saturated rings. The van der Waals surface area contributed by atoms with Gasteiger partial charge in [0.15, 0.2) is 0 Å². The topological polar surface area (TPSA) is 59.8 Å². The molecule has 0 spiro atoms. The molecule has 0 aliphatic carbocycles. The fourth-order valence-corrected chi connectivity index (χ4v) is 2.10. The second kappa shape index (κ2) is 6.26. The lowest BCUT2D eigenvalue weighted by Gasteiger charge is -2.31. The first-order valence-corrected chi connectivity index (χ1v) is 7.12. The molecular weight excluding hydrogens is 288 g/mol. The van der Waals surface area contributed by atoms with Crippen LogP contribution >= 0.6 is 11.6 Å². The first-order valence-electron chi connectivity index (χ1n) is 6.74. The fourth-order valence-electron chi connectivity index (χ4n) is 1.93. The molecular formula is C15H19ClN4O. The maximum absolute atomic E-state index is 12.4. The van der Waals surface area contributed by atoms with E-state index in [0.717, 1.165) is 0 Å². The number of pyridine rings is 1. The zero-order valence-corrected chi connectivity index (χ0v) is 13.1. The largest absolute Gasteiger partial charge is 0.347 e. The number of imidazole rings is 1. The summed E-state index contributed by atoms with van der Waals surface area (Å²) in [5.74, 6) is -0.153. The van der Waals surface area contributed by atoms with E-state index in [1.54, 1.807) is 24.7 Å². The van der Waals surface area contributed by atoms with Crippen LogP contribution in [0, 0.1) is 5.41 Å². The van der Waals surface area contributed by atoms with Crippen LogP contribution in [0.2, 0.25) is 5.15 Å². The Morgan fingerprint density at radius 1 is 1.43 bits per heavy atom. The summed E-state index contributed by atoms with van der Waals surface area (Å²) in [6.45, 7) is 6.94. The summed E-state index contributed by atoms with van der Waals surface area (Å²) in [6.07, 6.45) is 6.88. The van der Waals surface area contributed by atoms with E-state index in [0.29, 0.717) is 17.3 Å². The van der Waals surface area contributed by atoms with Crippen molar-refractivity contribution in [3.05, 3.63) is 47.8 Å². The molecule has 1 unspecified atom stereocenters. The number of nitrogens with one attached hydrogen (secondary N) is 1. The van der Waals surface area contributed by atoms with Gasteiger partial charge in [0.05, 0.1) is 12.4 Å². The van der Waals surface area contributed by atoms with Crippen LogP contribution in [-0.2, 0) is 6.54 Å².